The van der Waals surface area contributed by atoms with Gasteiger partial charge in [-0.3, -0.25) is 14.4 Å². The van der Waals surface area contributed by atoms with Gasteiger partial charge in [-0.15, -0.1) is 0 Å². The molecule has 0 unspecified atom stereocenters. The molecule has 0 bridgehead atoms. The maximum Gasteiger partial charge on any atom is 0.309 e. The summed E-state index contributed by atoms with van der Waals surface area (Å²) in [5.41, 5.74) is 0.561. The highest BCUT2D eigenvalue weighted by Gasteiger charge is 2.39. The molecule has 20 heavy (non-hydrogen) atoms. The van der Waals surface area contributed by atoms with Crippen LogP contribution in [0.2, 0.25) is 0 Å². The Morgan fingerprint density at radius 3 is 2.55 bits per heavy atom. The highest BCUT2D eigenvalue weighted by atomic mass is 16.4. The molecule has 5 nitrogen and oxygen atoms in total. The van der Waals surface area contributed by atoms with E-state index in [1.54, 1.807) is 0 Å². The van der Waals surface area contributed by atoms with Gasteiger partial charge in [0.15, 0.2) is 0 Å². The first-order valence-corrected chi connectivity index (χ1v) is 7.46. The summed E-state index contributed by atoms with van der Waals surface area (Å²) in [6.07, 6.45) is 4.21. The van der Waals surface area contributed by atoms with Crippen molar-refractivity contribution in [3.8, 4) is 0 Å². The van der Waals surface area contributed by atoms with Crippen molar-refractivity contribution in [2.24, 2.45) is 5.41 Å². The summed E-state index contributed by atoms with van der Waals surface area (Å²) in [6.45, 7) is 8.71. The fourth-order valence-electron chi connectivity index (χ4n) is 2.84. The number of piperidine rings is 1. The van der Waals surface area contributed by atoms with Gasteiger partial charge in [0.25, 0.3) is 0 Å². The molecule has 5 heteroatoms. The Bertz CT molecular complexity index is 459. The van der Waals surface area contributed by atoms with Gasteiger partial charge in [0.05, 0.1) is 11.1 Å². The van der Waals surface area contributed by atoms with E-state index in [1.807, 2.05) is 17.8 Å². The van der Waals surface area contributed by atoms with E-state index in [1.165, 1.54) is 0 Å². The average Bonchev–Trinajstić information content (AvgIpc) is 2.88. The summed E-state index contributed by atoms with van der Waals surface area (Å²) in [6, 6.07) is 2.43. The number of carboxylic acids is 1. The summed E-state index contributed by atoms with van der Waals surface area (Å²) in [5.74, 6) is -0.635. The van der Waals surface area contributed by atoms with Gasteiger partial charge in [-0.1, -0.05) is 6.92 Å². The Hall–Kier alpha value is -1.36. The normalized spacial score (nSPS) is 19.4. The molecular formula is C15H25N3O2. The summed E-state index contributed by atoms with van der Waals surface area (Å²) < 4.78 is 1.97. The number of hydrogen-bond donors (Lipinski definition) is 1. The molecular weight excluding hydrogens is 254 g/mol. The lowest BCUT2D eigenvalue weighted by molar-refractivity contribution is -0.152. The van der Waals surface area contributed by atoms with Crippen LogP contribution >= 0.6 is 0 Å². The number of likely N-dealkylation sites (tertiary alicyclic amines) is 1. The Labute approximate surface area is 120 Å². The lowest BCUT2D eigenvalue weighted by Gasteiger charge is -2.38. The molecule has 0 spiro atoms. The summed E-state index contributed by atoms with van der Waals surface area (Å²) in [7, 11) is 0. The third kappa shape index (κ3) is 3.03. The predicted molar refractivity (Wildman–Crippen MR) is 77.5 cm³/mol. The molecule has 1 aromatic heterocycles. The molecule has 0 amide bonds. The van der Waals surface area contributed by atoms with Crippen molar-refractivity contribution in [1.82, 2.24) is 14.7 Å². The zero-order valence-corrected chi connectivity index (χ0v) is 12.7. The van der Waals surface area contributed by atoms with E-state index >= 15 is 0 Å². The SMILES string of the molecule is CCC1(C(=O)O)CCN(Cc2ccn(C(C)C)n2)CC1. The van der Waals surface area contributed by atoms with Crippen LogP contribution in [0.15, 0.2) is 12.3 Å². The van der Waals surface area contributed by atoms with E-state index in [0.29, 0.717) is 6.04 Å². The maximum atomic E-state index is 11.4. The van der Waals surface area contributed by atoms with E-state index in [4.69, 9.17) is 0 Å². The fourth-order valence-corrected chi connectivity index (χ4v) is 2.84. The standard InChI is InChI=1S/C15H25N3O2/c1-4-15(14(19)20)6-9-17(10-7-15)11-13-5-8-18(16-13)12(2)3/h5,8,12H,4,6-7,9-11H2,1-3H3,(H,19,20). The average molecular weight is 279 g/mol. The third-order valence-corrected chi connectivity index (χ3v) is 4.52. The number of hydrogen-bond acceptors (Lipinski definition) is 3. The Kier molecular flexibility index (Phi) is 4.48. The minimum Gasteiger partial charge on any atom is -0.481 e. The van der Waals surface area contributed by atoms with Crippen LogP contribution in [0.4, 0.5) is 0 Å². The van der Waals surface area contributed by atoms with Gasteiger partial charge in [-0.25, -0.2) is 0 Å². The first-order chi connectivity index (χ1) is 9.47. The van der Waals surface area contributed by atoms with Crippen LogP contribution in [0, 0.1) is 5.41 Å². The topological polar surface area (TPSA) is 58.4 Å². The number of nitrogens with zero attached hydrogens (tertiary/aromatic N) is 3. The number of aliphatic carboxylic acids is 1. The molecule has 2 heterocycles. The van der Waals surface area contributed by atoms with Crippen molar-refractivity contribution in [2.45, 2.75) is 52.6 Å². The van der Waals surface area contributed by atoms with Crippen LogP contribution < -0.4 is 0 Å². The Balaban J connectivity index is 1.92. The lowest BCUT2D eigenvalue weighted by Crippen LogP contribution is -2.43. The van der Waals surface area contributed by atoms with Crippen molar-refractivity contribution in [3.63, 3.8) is 0 Å². The van der Waals surface area contributed by atoms with Crippen molar-refractivity contribution >= 4 is 5.97 Å². The molecule has 1 aliphatic heterocycles. The molecule has 0 saturated carbocycles. The van der Waals surface area contributed by atoms with Crippen LogP contribution in [0.1, 0.15) is 51.8 Å². The summed E-state index contributed by atoms with van der Waals surface area (Å²) in [4.78, 5) is 13.7. The van der Waals surface area contributed by atoms with Gasteiger partial charge in [-0.2, -0.15) is 5.10 Å². The Morgan fingerprint density at radius 1 is 1.45 bits per heavy atom. The molecule has 1 saturated heterocycles. The molecule has 0 aromatic carbocycles. The van der Waals surface area contributed by atoms with Crippen LogP contribution in [-0.2, 0) is 11.3 Å². The van der Waals surface area contributed by atoms with Crippen molar-refractivity contribution in [2.75, 3.05) is 13.1 Å². The smallest absolute Gasteiger partial charge is 0.309 e. The fraction of sp³-hybridized carbons (Fsp3) is 0.733. The van der Waals surface area contributed by atoms with Crippen molar-refractivity contribution in [1.29, 1.82) is 0 Å². The zero-order chi connectivity index (χ0) is 14.8. The second-order valence-electron chi connectivity index (χ2n) is 6.10. The van der Waals surface area contributed by atoms with Crippen LogP contribution in [0.5, 0.6) is 0 Å². The quantitative estimate of drug-likeness (QED) is 0.900. The summed E-state index contributed by atoms with van der Waals surface area (Å²) in [5, 5.41) is 13.9. The van der Waals surface area contributed by atoms with Crippen molar-refractivity contribution in [3.05, 3.63) is 18.0 Å². The number of aromatic nitrogens is 2. The van der Waals surface area contributed by atoms with Crippen molar-refractivity contribution < 1.29 is 9.90 Å². The zero-order valence-electron chi connectivity index (χ0n) is 12.7. The molecule has 0 atom stereocenters. The van der Waals surface area contributed by atoms with E-state index < -0.39 is 11.4 Å². The third-order valence-electron chi connectivity index (χ3n) is 4.52. The first kappa shape index (κ1) is 15.0. The second-order valence-corrected chi connectivity index (χ2v) is 6.10. The molecule has 1 aromatic rings. The highest BCUT2D eigenvalue weighted by molar-refractivity contribution is 5.74. The number of carboxylic acid groups (broad SMARTS) is 1. The molecule has 1 aliphatic rings. The van der Waals surface area contributed by atoms with Gasteiger partial charge >= 0.3 is 5.97 Å². The predicted octanol–water partition coefficient (Wildman–Crippen LogP) is 2.54. The first-order valence-electron chi connectivity index (χ1n) is 7.46. The van der Waals surface area contributed by atoms with E-state index in [0.717, 1.165) is 44.6 Å². The van der Waals surface area contributed by atoms with E-state index in [-0.39, 0.29) is 0 Å². The van der Waals surface area contributed by atoms with Gasteiger partial charge < -0.3 is 5.11 Å². The molecule has 2 rings (SSSR count). The molecule has 0 aliphatic carbocycles. The molecule has 112 valence electrons. The molecule has 1 fully saturated rings. The maximum absolute atomic E-state index is 11.4. The van der Waals surface area contributed by atoms with Crippen LogP contribution in [-0.4, -0.2) is 38.8 Å². The van der Waals surface area contributed by atoms with Crippen LogP contribution in [0.3, 0.4) is 0 Å². The monoisotopic (exact) mass is 279 g/mol. The number of rotatable bonds is 5. The van der Waals surface area contributed by atoms with Crippen LogP contribution in [0.25, 0.3) is 0 Å². The van der Waals surface area contributed by atoms with Gasteiger partial charge in [0.1, 0.15) is 0 Å². The van der Waals surface area contributed by atoms with Gasteiger partial charge in [0, 0.05) is 18.8 Å². The van der Waals surface area contributed by atoms with Gasteiger partial charge in [0.2, 0.25) is 0 Å². The van der Waals surface area contributed by atoms with E-state index in [2.05, 4.69) is 29.9 Å². The Morgan fingerprint density at radius 2 is 2.10 bits per heavy atom. The highest BCUT2D eigenvalue weighted by Crippen LogP contribution is 2.35. The van der Waals surface area contributed by atoms with Gasteiger partial charge in [-0.05, 0) is 52.3 Å². The summed E-state index contributed by atoms with van der Waals surface area (Å²) >= 11 is 0. The molecule has 0 radical (unpaired) electrons. The number of carbonyl (C=O) groups is 1. The molecule has 1 N–H and O–H groups in total. The largest absolute Gasteiger partial charge is 0.481 e. The minimum atomic E-state index is -0.635. The van der Waals surface area contributed by atoms with E-state index in [9.17, 15) is 9.90 Å². The lowest BCUT2D eigenvalue weighted by atomic mass is 9.76. The minimum absolute atomic E-state index is 0.379. The second kappa shape index (κ2) is 5.95.